The van der Waals surface area contributed by atoms with Crippen LogP contribution in [0.1, 0.15) is 33.6 Å². The van der Waals surface area contributed by atoms with E-state index in [-0.39, 0.29) is 5.25 Å². The first-order chi connectivity index (χ1) is 8.91. The molecule has 2 aliphatic rings. The van der Waals surface area contributed by atoms with Crippen molar-refractivity contribution in [1.29, 1.82) is 0 Å². The van der Waals surface area contributed by atoms with Gasteiger partial charge in [0.05, 0.1) is 5.25 Å². The Morgan fingerprint density at radius 3 is 2.16 bits per heavy atom. The highest BCUT2D eigenvalue weighted by atomic mass is 32.2. The molecule has 1 saturated heterocycles. The standard InChI is InChI=1S/C13H27N3O2S/c1-11(2)15-6-8-16(9-7-15)19(17,18)12(3)10-14-13-4-5-13/h11-14H,4-10H2,1-3H3. The molecular weight excluding hydrogens is 262 g/mol. The summed E-state index contributed by atoms with van der Waals surface area (Å²) in [5, 5.41) is 2.99. The number of sulfonamides is 1. The predicted octanol–water partition coefficient (Wildman–Crippen LogP) is 0.483. The van der Waals surface area contributed by atoms with Crippen LogP contribution in [0, 0.1) is 0 Å². The third-order valence-electron chi connectivity index (χ3n) is 4.14. The summed E-state index contributed by atoms with van der Waals surface area (Å²) in [6.45, 7) is 9.68. The van der Waals surface area contributed by atoms with Gasteiger partial charge in [0, 0.05) is 44.8 Å². The molecule has 1 unspecified atom stereocenters. The van der Waals surface area contributed by atoms with Gasteiger partial charge in [-0.05, 0) is 33.6 Å². The second-order valence-corrected chi connectivity index (χ2v) is 8.42. The molecule has 0 aromatic rings. The molecule has 6 heteroatoms. The molecule has 0 bridgehead atoms. The molecule has 1 aliphatic carbocycles. The minimum atomic E-state index is -3.13. The lowest BCUT2D eigenvalue weighted by atomic mass is 10.3. The molecule has 0 spiro atoms. The van der Waals surface area contributed by atoms with E-state index in [1.807, 2.05) is 6.92 Å². The SMILES string of the molecule is CC(C)N1CCN(S(=O)(=O)C(C)CNC2CC2)CC1. The molecule has 1 N–H and O–H groups in total. The van der Waals surface area contributed by atoms with E-state index in [1.54, 1.807) is 4.31 Å². The monoisotopic (exact) mass is 289 g/mol. The van der Waals surface area contributed by atoms with E-state index in [0.29, 0.717) is 31.7 Å². The molecule has 0 aromatic heterocycles. The van der Waals surface area contributed by atoms with Crippen LogP contribution < -0.4 is 5.32 Å². The number of nitrogens with zero attached hydrogens (tertiary/aromatic N) is 2. The summed E-state index contributed by atoms with van der Waals surface area (Å²) in [6, 6.07) is 1.06. The van der Waals surface area contributed by atoms with Crippen LogP contribution in [0.2, 0.25) is 0 Å². The van der Waals surface area contributed by atoms with Crippen molar-refractivity contribution in [2.75, 3.05) is 32.7 Å². The van der Waals surface area contributed by atoms with Gasteiger partial charge in [-0.15, -0.1) is 0 Å². The van der Waals surface area contributed by atoms with Crippen molar-refractivity contribution < 1.29 is 8.42 Å². The van der Waals surface area contributed by atoms with Gasteiger partial charge in [-0.1, -0.05) is 0 Å². The van der Waals surface area contributed by atoms with Gasteiger partial charge in [0.15, 0.2) is 0 Å². The van der Waals surface area contributed by atoms with Crippen molar-refractivity contribution in [3.63, 3.8) is 0 Å². The maximum atomic E-state index is 12.5. The first-order valence-electron chi connectivity index (χ1n) is 7.37. The normalized spacial score (nSPS) is 24.8. The lowest BCUT2D eigenvalue weighted by Crippen LogP contribution is -2.53. The molecule has 2 rings (SSSR count). The second-order valence-electron chi connectivity index (χ2n) is 6.07. The minimum absolute atomic E-state index is 0.321. The van der Waals surface area contributed by atoms with Crippen molar-refractivity contribution in [2.45, 2.75) is 50.9 Å². The largest absolute Gasteiger partial charge is 0.313 e. The Morgan fingerprint density at radius 2 is 1.68 bits per heavy atom. The molecular formula is C13H27N3O2S. The third-order valence-corrected chi connectivity index (χ3v) is 6.41. The van der Waals surface area contributed by atoms with Crippen molar-refractivity contribution in [3.05, 3.63) is 0 Å². The van der Waals surface area contributed by atoms with E-state index in [0.717, 1.165) is 13.1 Å². The van der Waals surface area contributed by atoms with Crippen molar-refractivity contribution in [2.24, 2.45) is 0 Å². The number of piperazine rings is 1. The maximum Gasteiger partial charge on any atom is 0.218 e. The summed E-state index contributed by atoms with van der Waals surface area (Å²) in [5.41, 5.74) is 0. The fourth-order valence-electron chi connectivity index (χ4n) is 2.45. The van der Waals surface area contributed by atoms with E-state index in [9.17, 15) is 8.42 Å². The molecule has 2 fully saturated rings. The topological polar surface area (TPSA) is 52.7 Å². The first kappa shape index (κ1) is 15.2. The van der Waals surface area contributed by atoms with Gasteiger partial charge in [-0.25, -0.2) is 8.42 Å². The fourth-order valence-corrected chi connectivity index (χ4v) is 3.94. The highest BCUT2D eigenvalue weighted by Gasteiger charge is 2.33. The fraction of sp³-hybridized carbons (Fsp3) is 1.00. The van der Waals surface area contributed by atoms with Crippen LogP contribution in [0.5, 0.6) is 0 Å². The molecule has 1 saturated carbocycles. The highest BCUT2D eigenvalue weighted by Crippen LogP contribution is 2.19. The molecule has 0 aromatic carbocycles. The van der Waals surface area contributed by atoms with Gasteiger partial charge in [0.2, 0.25) is 10.0 Å². The van der Waals surface area contributed by atoms with Crippen LogP contribution in [0.3, 0.4) is 0 Å². The zero-order valence-corrected chi connectivity index (χ0v) is 13.1. The first-order valence-corrected chi connectivity index (χ1v) is 8.88. The second kappa shape index (κ2) is 6.08. The highest BCUT2D eigenvalue weighted by molar-refractivity contribution is 7.89. The summed E-state index contributed by atoms with van der Waals surface area (Å²) in [5.74, 6) is 0. The average molecular weight is 289 g/mol. The Bertz CT molecular complexity index is 385. The molecule has 19 heavy (non-hydrogen) atoms. The summed E-state index contributed by atoms with van der Waals surface area (Å²) >= 11 is 0. The number of hydrogen-bond donors (Lipinski definition) is 1. The van der Waals surface area contributed by atoms with Crippen molar-refractivity contribution in [3.8, 4) is 0 Å². The van der Waals surface area contributed by atoms with Gasteiger partial charge in [0.25, 0.3) is 0 Å². The summed E-state index contributed by atoms with van der Waals surface area (Å²) in [7, 11) is -3.13. The zero-order valence-electron chi connectivity index (χ0n) is 12.3. The zero-order chi connectivity index (χ0) is 14.0. The lowest BCUT2D eigenvalue weighted by molar-refractivity contribution is 0.153. The van der Waals surface area contributed by atoms with Gasteiger partial charge in [0.1, 0.15) is 0 Å². The molecule has 112 valence electrons. The Balaban J connectivity index is 1.85. The van der Waals surface area contributed by atoms with E-state index in [1.165, 1.54) is 12.8 Å². The molecule has 0 radical (unpaired) electrons. The molecule has 5 nitrogen and oxygen atoms in total. The van der Waals surface area contributed by atoms with Crippen LogP contribution in [0.25, 0.3) is 0 Å². The van der Waals surface area contributed by atoms with Crippen molar-refractivity contribution >= 4 is 10.0 Å². The van der Waals surface area contributed by atoms with Crippen LogP contribution >= 0.6 is 0 Å². The summed E-state index contributed by atoms with van der Waals surface area (Å²) in [4.78, 5) is 2.33. The van der Waals surface area contributed by atoms with Crippen molar-refractivity contribution in [1.82, 2.24) is 14.5 Å². The third kappa shape index (κ3) is 3.90. The van der Waals surface area contributed by atoms with Gasteiger partial charge in [-0.3, -0.25) is 4.90 Å². The van der Waals surface area contributed by atoms with E-state index < -0.39 is 10.0 Å². The predicted molar refractivity (Wildman–Crippen MR) is 77.7 cm³/mol. The Hall–Kier alpha value is -0.170. The Kier molecular flexibility index (Phi) is 4.87. The van der Waals surface area contributed by atoms with Crippen LogP contribution in [-0.2, 0) is 10.0 Å². The number of nitrogens with one attached hydrogen (secondary N) is 1. The Labute approximate surface area is 117 Å². The van der Waals surface area contributed by atoms with E-state index in [4.69, 9.17) is 0 Å². The van der Waals surface area contributed by atoms with E-state index >= 15 is 0 Å². The molecule has 1 heterocycles. The summed E-state index contributed by atoms with van der Waals surface area (Å²) in [6.07, 6.45) is 2.39. The van der Waals surface area contributed by atoms with Crippen LogP contribution in [0.15, 0.2) is 0 Å². The van der Waals surface area contributed by atoms with Gasteiger partial charge in [-0.2, -0.15) is 4.31 Å². The average Bonchev–Trinajstić information content (AvgIpc) is 3.20. The molecule has 1 atom stereocenters. The smallest absolute Gasteiger partial charge is 0.218 e. The van der Waals surface area contributed by atoms with E-state index in [2.05, 4.69) is 24.1 Å². The maximum absolute atomic E-state index is 12.5. The van der Waals surface area contributed by atoms with Gasteiger partial charge < -0.3 is 5.32 Å². The Morgan fingerprint density at radius 1 is 1.11 bits per heavy atom. The lowest BCUT2D eigenvalue weighted by Gasteiger charge is -2.37. The minimum Gasteiger partial charge on any atom is -0.313 e. The number of hydrogen-bond acceptors (Lipinski definition) is 4. The number of rotatable bonds is 6. The van der Waals surface area contributed by atoms with Crippen LogP contribution in [0.4, 0.5) is 0 Å². The van der Waals surface area contributed by atoms with Gasteiger partial charge >= 0.3 is 0 Å². The quantitative estimate of drug-likeness (QED) is 0.773. The molecule has 1 aliphatic heterocycles. The summed E-state index contributed by atoms with van der Waals surface area (Å²) < 4.78 is 26.6. The molecule has 0 amide bonds. The van der Waals surface area contributed by atoms with Crippen LogP contribution in [-0.4, -0.2) is 67.7 Å².